The van der Waals surface area contributed by atoms with Gasteiger partial charge in [0.1, 0.15) is 18.3 Å². The first-order chi connectivity index (χ1) is 24.1. The van der Waals surface area contributed by atoms with Crippen molar-refractivity contribution < 1.29 is 23.0 Å². The third-order valence-corrected chi connectivity index (χ3v) is 23.0. The van der Waals surface area contributed by atoms with Crippen LogP contribution in [0, 0.1) is 0 Å². The summed E-state index contributed by atoms with van der Waals surface area (Å²) in [4.78, 5) is 11.3. The van der Waals surface area contributed by atoms with Crippen LogP contribution in [0.5, 0.6) is 0 Å². The van der Waals surface area contributed by atoms with Gasteiger partial charge in [0, 0.05) is 21.2 Å². The molecule has 0 saturated carbocycles. The van der Waals surface area contributed by atoms with E-state index >= 15 is 0 Å². The SMILES string of the molecule is CC(C)(CC[C@@H]1O[C@@H](CO[Si](C)(C)C(C)(C)C)[C@@H](OP(c2ccccc2)c2ccccc2)[C@@H]1OP(c1ccccc1)c1ccccc1)[Si](C)(C)O. The molecule has 0 bridgehead atoms. The number of benzene rings is 4. The molecule has 5 nitrogen and oxygen atoms in total. The predicted octanol–water partition coefficient (Wildman–Crippen LogP) is 9.40. The third-order valence-electron chi connectivity index (χ3n) is 10.9. The van der Waals surface area contributed by atoms with Crippen molar-refractivity contribution in [2.24, 2.45) is 0 Å². The first kappa shape index (κ1) is 40.2. The summed E-state index contributed by atoms with van der Waals surface area (Å²) in [6.45, 7) is 20.3. The summed E-state index contributed by atoms with van der Waals surface area (Å²) >= 11 is 0. The van der Waals surface area contributed by atoms with E-state index in [1.807, 2.05) is 13.1 Å². The van der Waals surface area contributed by atoms with Crippen molar-refractivity contribution in [2.45, 2.75) is 108 Å². The normalized spacial score (nSPS) is 20.3. The molecule has 0 radical (unpaired) electrons. The first-order valence-electron chi connectivity index (χ1n) is 18.2. The zero-order chi connectivity index (χ0) is 36.9. The molecule has 0 aromatic heterocycles. The Morgan fingerprint density at radius 3 is 1.27 bits per heavy atom. The van der Waals surface area contributed by atoms with Crippen LogP contribution in [-0.2, 0) is 18.2 Å². The van der Waals surface area contributed by atoms with Crippen LogP contribution in [0.2, 0.25) is 36.3 Å². The van der Waals surface area contributed by atoms with Crippen LogP contribution >= 0.6 is 16.3 Å². The minimum Gasteiger partial charge on any atom is -0.432 e. The smallest absolute Gasteiger partial charge is 0.192 e. The van der Waals surface area contributed by atoms with Gasteiger partial charge >= 0.3 is 0 Å². The summed E-state index contributed by atoms with van der Waals surface area (Å²) in [6.07, 6.45) is 0.201. The summed E-state index contributed by atoms with van der Waals surface area (Å²) in [5, 5.41) is 4.43. The van der Waals surface area contributed by atoms with Gasteiger partial charge in [0.15, 0.2) is 16.6 Å². The molecule has 0 amide bonds. The predicted molar refractivity (Wildman–Crippen MR) is 223 cm³/mol. The van der Waals surface area contributed by atoms with Crippen LogP contribution in [0.3, 0.4) is 0 Å². The van der Waals surface area contributed by atoms with E-state index in [1.54, 1.807) is 0 Å². The Balaban J connectivity index is 1.61. The Bertz CT molecular complexity index is 1430. The second-order valence-corrected chi connectivity index (χ2v) is 29.3. The van der Waals surface area contributed by atoms with E-state index in [2.05, 4.69) is 169 Å². The molecule has 1 saturated heterocycles. The molecule has 1 fully saturated rings. The Morgan fingerprint density at radius 2 is 0.941 bits per heavy atom. The standard InChI is InChI=1S/C42H58O5P2Si2/c1-41(2,3)51(8,9)44-32-38-40(47-49(35-26-18-12-19-27-35)36-28-20-13-21-29-36)39(37(45-38)30-31-42(4,5)50(6,7)43)46-48(33-22-14-10-15-23-33)34-24-16-11-17-25-34/h10-29,37-40,43H,30-32H2,1-9H3/t37-,38-,39+,40+/m0/s1. The van der Waals surface area contributed by atoms with Crippen molar-refractivity contribution in [1.29, 1.82) is 0 Å². The van der Waals surface area contributed by atoms with Gasteiger partial charge in [-0.1, -0.05) is 156 Å². The lowest BCUT2D eigenvalue weighted by molar-refractivity contribution is -0.0164. The van der Waals surface area contributed by atoms with Crippen LogP contribution in [0.1, 0.15) is 47.5 Å². The second kappa shape index (κ2) is 17.0. The molecule has 4 aromatic carbocycles. The van der Waals surface area contributed by atoms with E-state index in [9.17, 15) is 4.80 Å². The van der Waals surface area contributed by atoms with Crippen LogP contribution in [0.4, 0.5) is 0 Å². The maximum atomic E-state index is 11.3. The summed E-state index contributed by atoms with van der Waals surface area (Å²) in [6, 6.07) is 42.3. The lowest BCUT2D eigenvalue weighted by atomic mass is 9.99. The molecule has 0 unspecified atom stereocenters. The monoisotopic (exact) mass is 760 g/mol. The van der Waals surface area contributed by atoms with Gasteiger partial charge in [-0.3, -0.25) is 0 Å². The van der Waals surface area contributed by atoms with Gasteiger partial charge in [-0.2, -0.15) is 0 Å². The van der Waals surface area contributed by atoms with E-state index in [1.165, 1.54) is 0 Å². The highest BCUT2D eigenvalue weighted by atomic mass is 31.1. The molecule has 51 heavy (non-hydrogen) atoms. The minimum atomic E-state index is -2.47. The summed E-state index contributed by atoms with van der Waals surface area (Å²) in [5.74, 6) is 0. The Labute approximate surface area is 312 Å². The maximum Gasteiger partial charge on any atom is 0.192 e. The molecule has 0 aliphatic carbocycles. The zero-order valence-corrected chi connectivity index (χ0v) is 35.7. The third kappa shape index (κ3) is 10.1. The number of hydrogen-bond acceptors (Lipinski definition) is 5. The highest BCUT2D eigenvalue weighted by Gasteiger charge is 2.51. The average molecular weight is 761 g/mol. The number of rotatable bonds is 15. The lowest BCUT2D eigenvalue weighted by Crippen LogP contribution is -2.45. The second-order valence-electron chi connectivity index (χ2n) is 16.3. The van der Waals surface area contributed by atoms with E-state index in [-0.39, 0.29) is 28.4 Å². The minimum absolute atomic E-state index is 0.0499. The molecule has 1 heterocycles. The van der Waals surface area contributed by atoms with E-state index in [4.69, 9.17) is 18.2 Å². The molecule has 1 aliphatic heterocycles. The van der Waals surface area contributed by atoms with Crippen molar-refractivity contribution >= 4 is 54.1 Å². The Hall–Kier alpha value is -2.03. The van der Waals surface area contributed by atoms with Crippen LogP contribution in [0.15, 0.2) is 121 Å². The van der Waals surface area contributed by atoms with Crippen LogP contribution < -0.4 is 21.2 Å². The Kier molecular flexibility index (Phi) is 13.4. The maximum absolute atomic E-state index is 11.3. The van der Waals surface area contributed by atoms with Crippen LogP contribution in [-0.4, -0.2) is 52.5 Å². The van der Waals surface area contributed by atoms with Gasteiger partial charge in [-0.15, -0.1) is 0 Å². The van der Waals surface area contributed by atoms with Crippen molar-refractivity contribution in [3.05, 3.63) is 121 Å². The van der Waals surface area contributed by atoms with Gasteiger partial charge in [-0.25, -0.2) is 0 Å². The fourth-order valence-corrected chi connectivity index (χ4v) is 11.4. The molecule has 9 heteroatoms. The van der Waals surface area contributed by atoms with Crippen molar-refractivity contribution in [2.75, 3.05) is 6.61 Å². The Morgan fingerprint density at radius 1 is 0.588 bits per heavy atom. The van der Waals surface area contributed by atoms with E-state index in [0.29, 0.717) is 6.61 Å². The largest absolute Gasteiger partial charge is 0.432 e. The number of hydrogen-bond donors (Lipinski definition) is 1. The molecule has 1 aliphatic rings. The van der Waals surface area contributed by atoms with Crippen LogP contribution in [0.25, 0.3) is 0 Å². The summed E-state index contributed by atoms with van der Waals surface area (Å²) in [5.41, 5.74) is 0. The van der Waals surface area contributed by atoms with E-state index in [0.717, 1.165) is 34.1 Å². The molecule has 0 spiro atoms. The van der Waals surface area contributed by atoms with Gasteiger partial charge in [0.05, 0.1) is 29.0 Å². The fraction of sp³-hybridized carbons (Fsp3) is 0.429. The molecular formula is C42H58O5P2Si2. The highest BCUT2D eigenvalue weighted by Crippen LogP contribution is 2.49. The van der Waals surface area contributed by atoms with Crippen molar-refractivity contribution in [1.82, 2.24) is 0 Å². The molecule has 4 atom stereocenters. The molecule has 5 rings (SSSR count). The average Bonchev–Trinajstić information content (AvgIpc) is 3.43. The fourth-order valence-electron chi connectivity index (χ4n) is 5.78. The number of ether oxygens (including phenoxy) is 1. The van der Waals surface area contributed by atoms with Crippen molar-refractivity contribution in [3.8, 4) is 0 Å². The summed E-state index contributed by atoms with van der Waals surface area (Å²) in [7, 11) is -7.00. The van der Waals surface area contributed by atoms with Gasteiger partial charge in [0.25, 0.3) is 0 Å². The van der Waals surface area contributed by atoms with Gasteiger partial charge in [0.2, 0.25) is 0 Å². The molecule has 4 aromatic rings. The van der Waals surface area contributed by atoms with Crippen molar-refractivity contribution in [3.63, 3.8) is 0 Å². The lowest BCUT2D eigenvalue weighted by Gasteiger charge is -2.37. The molecule has 1 N–H and O–H groups in total. The zero-order valence-electron chi connectivity index (χ0n) is 32.0. The topological polar surface area (TPSA) is 57.2 Å². The first-order valence-corrected chi connectivity index (χ1v) is 26.6. The highest BCUT2D eigenvalue weighted by molar-refractivity contribution is 7.69. The quantitative estimate of drug-likeness (QED) is 0.0968. The van der Waals surface area contributed by atoms with Gasteiger partial charge in [-0.05, 0) is 49.1 Å². The van der Waals surface area contributed by atoms with E-state index < -0.39 is 39.0 Å². The summed E-state index contributed by atoms with van der Waals surface area (Å²) < 4.78 is 29.1. The molecular weight excluding hydrogens is 703 g/mol. The van der Waals surface area contributed by atoms with Gasteiger partial charge < -0.3 is 23.0 Å². The molecule has 274 valence electrons.